The number of aliphatic hydroxyl groups excluding tert-OH is 1. The lowest BCUT2D eigenvalue weighted by Crippen LogP contribution is -2.49. The molecule has 1 N–H and O–H groups in total. The minimum absolute atomic E-state index is 0.0731. The Balaban J connectivity index is 1.68. The van der Waals surface area contributed by atoms with Crippen LogP contribution in [0.5, 0.6) is 11.5 Å². The number of amides is 1. The van der Waals surface area contributed by atoms with Crippen LogP contribution >= 0.6 is 0 Å². The quantitative estimate of drug-likeness (QED) is 0.936. The minimum atomic E-state index is -1.70. The van der Waals surface area contributed by atoms with Crippen molar-refractivity contribution in [2.45, 2.75) is 18.5 Å². The molecule has 126 valence electrons. The Kier molecular flexibility index (Phi) is 4.76. The van der Waals surface area contributed by atoms with Crippen LogP contribution in [-0.2, 0) is 0 Å². The molecule has 2 aromatic rings. The highest BCUT2D eigenvalue weighted by molar-refractivity contribution is 5.94. The number of ether oxygens (including phenoxy) is 1. The van der Waals surface area contributed by atoms with Crippen LogP contribution in [0.3, 0.4) is 0 Å². The number of nitrogens with zero attached hydrogens (tertiary/aromatic N) is 2. The Hall–Kier alpha value is -2.47. The number of aromatic nitrogens is 1. The van der Waals surface area contributed by atoms with E-state index in [1.54, 1.807) is 48.8 Å². The van der Waals surface area contributed by atoms with Gasteiger partial charge in [0.15, 0.2) is 5.67 Å². The summed E-state index contributed by atoms with van der Waals surface area (Å²) in [6.07, 6.45) is 4.09. The van der Waals surface area contributed by atoms with Gasteiger partial charge in [0, 0.05) is 18.3 Å². The van der Waals surface area contributed by atoms with E-state index in [0.717, 1.165) is 0 Å². The second-order valence-electron chi connectivity index (χ2n) is 5.95. The number of likely N-dealkylation sites (tertiary alicyclic amines) is 1. The Bertz CT molecular complexity index is 693. The summed E-state index contributed by atoms with van der Waals surface area (Å²) in [5.74, 6) is 0.962. The number of halogens is 1. The highest BCUT2D eigenvalue weighted by Gasteiger charge is 2.36. The van der Waals surface area contributed by atoms with E-state index < -0.39 is 12.3 Å². The van der Waals surface area contributed by atoms with E-state index in [1.165, 1.54) is 4.90 Å². The third-order valence-corrected chi connectivity index (χ3v) is 4.07. The van der Waals surface area contributed by atoms with Crippen molar-refractivity contribution in [1.29, 1.82) is 0 Å². The molecule has 3 rings (SSSR count). The summed E-state index contributed by atoms with van der Waals surface area (Å²) in [5, 5.41) is 9.16. The standard InChI is InChI=1S/C18H19FN2O3/c19-18(13-22)8-2-10-21(12-18)17(23)14-4-6-15(7-5-14)24-16-3-1-9-20-11-16/h1,3-7,9,11,22H,2,8,10,12-13H2. The van der Waals surface area contributed by atoms with Gasteiger partial charge in [0.2, 0.25) is 0 Å². The SMILES string of the molecule is O=C(c1ccc(Oc2cccnc2)cc1)N1CCCC(F)(CO)C1. The number of aliphatic hydroxyl groups is 1. The zero-order chi connectivity index (χ0) is 17.0. The number of benzene rings is 1. The summed E-state index contributed by atoms with van der Waals surface area (Å²) in [6, 6.07) is 10.3. The molecule has 2 heterocycles. The smallest absolute Gasteiger partial charge is 0.253 e. The summed E-state index contributed by atoms with van der Waals surface area (Å²) >= 11 is 0. The number of alkyl halides is 1. The number of hydrogen-bond donors (Lipinski definition) is 1. The first-order valence-electron chi connectivity index (χ1n) is 7.87. The fourth-order valence-electron chi connectivity index (χ4n) is 2.78. The van der Waals surface area contributed by atoms with E-state index >= 15 is 0 Å². The molecule has 1 aliphatic rings. The molecule has 0 radical (unpaired) electrons. The van der Waals surface area contributed by atoms with Gasteiger partial charge in [-0.25, -0.2) is 4.39 Å². The number of piperidine rings is 1. The molecular weight excluding hydrogens is 311 g/mol. The first kappa shape index (κ1) is 16.4. The first-order chi connectivity index (χ1) is 11.6. The normalized spacial score (nSPS) is 20.7. The maximum atomic E-state index is 14.3. The molecule has 24 heavy (non-hydrogen) atoms. The van der Waals surface area contributed by atoms with Crippen LogP contribution in [0.25, 0.3) is 0 Å². The van der Waals surface area contributed by atoms with Crippen molar-refractivity contribution in [2.75, 3.05) is 19.7 Å². The largest absolute Gasteiger partial charge is 0.456 e. The highest BCUT2D eigenvalue weighted by Crippen LogP contribution is 2.26. The number of hydrogen-bond acceptors (Lipinski definition) is 4. The van der Waals surface area contributed by atoms with Crippen LogP contribution in [0.1, 0.15) is 23.2 Å². The third-order valence-electron chi connectivity index (χ3n) is 4.07. The second-order valence-corrected chi connectivity index (χ2v) is 5.95. The Labute approximate surface area is 139 Å². The minimum Gasteiger partial charge on any atom is -0.456 e. The van der Waals surface area contributed by atoms with Crippen molar-refractivity contribution in [3.63, 3.8) is 0 Å². The lowest BCUT2D eigenvalue weighted by molar-refractivity contribution is 0.00174. The van der Waals surface area contributed by atoms with Gasteiger partial charge in [0.05, 0.1) is 19.3 Å². The lowest BCUT2D eigenvalue weighted by Gasteiger charge is -2.36. The average molecular weight is 330 g/mol. The maximum Gasteiger partial charge on any atom is 0.253 e. The van der Waals surface area contributed by atoms with E-state index in [9.17, 15) is 9.18 Å². The summed E-state index contributed by atoms with van der Waals surface area (Å²) in [4.78, 5) is 17.9. The van der Waals surface area contributed by atoms with Crippen LogP contribution in [0, 0.1) is 0 Å². The summed E-state index contributed by atoms with van der Waals surface area (Å²) in [5.41, 5.74) is -1.23. The summed E-state index contributed by atoms with van der Waals surface area (Å²) < 4.78 is 19.9. The fourth-order valence-corrected chi connectivity index (χ4v) is 2.78. The van der Waals surface area contributed by atoms with Gasteiger partial charge in [-0.2, -0.15) is 0 Å². The van der Waals surface area contributed by atoms with E-state index in [-0.39, 0.29) is 18.9 Å². The molecule has 1 saturated heterocycles. The molecule has 1 aromatic heterocycles. The van der Waals surface area contributed by atoms with Gasteiger partial charge in [-0.15, -0.1) is 0 Å². The van der Waals surface area contributed by atoms with Crippen molar-refractivity contribution in [2.24, 2.45) is 0 Å². The number of rotatable bonds is 4. The van der Waals surface area contributed by atoms with E-state index in [4.69, 9.17) is 9.84 Å². The van der Waals surface area contributed by atoms with Gasteiger partial charge < -0.3 is 14.7 Å². The Morgan fingerprint density at radius 3 is 2.75 bits per heavy atom. The number of pyridine rings is 1. The van der Waals surface area contributed by atoms with Crippen molar-refractivity contribution in [1.82, 2.24) is 9.88 Å². The molecule has 6 heteroatoms. The van der Waals surface area contributed by atoms with Gasteiger partial charge >= 0.3 is 0 Å². The van der Waals surface area contributed by atoms with Gasteiger partial charge in [0.1, 0.15) is 11.5 Å². The van der Waals surface area contributed by atoms with Crippen LogP contribution in [0.15, 0.2) is 48.8 Å². The predicted octanol–water partition coefficient (Wildman–Crippen LogP) is 2.81. The van der Waals surface area contributed by atoms with Crippen LogP contribution in [-0.4, -0.2) is 46.3 Å². The molecule has 0 spiro atoms. The summed E-state index contributed by atoms with van der Waals surface area (Å²) in [6.45, 7) is -0.136. The van der Waals surface area contributed by atoms with Crippen LogP contribution in [0.2, 0.25) is 0 Å². The highest BCUT2D eigenvalue weighted by atomic mass is 19.1. The van der Waals surface area contributed by atoms with E-state index in [0.29, 0.717) is 30.0 Å². The third kappa shape index (κ3) is 3.71. The Morgan fingerprint density at radius 2 is 2.08 bits per heavy atom. The molecule has 1 aliphatic heterocycles. The Morgan fingerprint density at radius 1 is 1.29 bits per heavy atom. The van der Waals surface area contributed by atoms with Crippen LogP contribution in [0.4, 0.5) is 4.39 Å². The number of carbonyl (C=O) groups excluding carboxylic acids is 1. The molecule has 1 fully saturated rings. The zero-order valence-electron chi connectivity index (χ0n) is 13.2. The molecule has 0 bridgehead atoms. The topological polar surface area (TPSA) is 62.7 Å². The lowest BCUT2D eigenvalue weighted by atomic mass is 9.95. The van der Waals surface area contributed by atoms with Crippen molar-refractivity contribution < 1.29 is 19.0 Å². The zero-order valence-corrected chi connectivity index (χ0v) is 13.2. The van der Waals surface area contributed by atoms with E-state index in [1.807, 2.05) is 0 Å². The molecule has 0 saturated carbocycles. The molecule has 1 unspecified atom stereocenters. The maximum absolute atomic E-state index is 14.3. The molecule has 5 nitrogen and oxygen atoms in total. The monoisotopic (exact) mass is 330 g/mol. The molecule has 1 aromatic carbocycles. The first-order valence-corrected chi connectivity index (χ1v) is 7.87. The predicted molar refractivity (Wildman–Crippen MR) is 86.8 cm³/mol. The van der Waals surface area contributed by atoms with Crippen molar-refractivity contribution in [3.8, 4) is 11.5 Å². The van der Waals surface area contributed by atoms with Crippen LogP contribution < -0.4 is 4.74 Å². The van der Waals surface area contributed by atoms with Gasteiger partial charge in [-0.3, -0.25) is 9.78 Å². The molecule has 0 aliphatic carbocycles. The molecule has 1 atom stereocenters. The summed E-state index contributed by atoms with van der Waals surface area (Å²) in [7, 11) is 0. The van der Waals surface area contributed by atoms with Gasteiger partial charge in [-0.05, 0) is 49.2 Å². The van der Waals surface area contributed by atoms with Crippen molar-refractivity contribution >= 4 is 5.91 Å². The second kappa shape index (κ2) is 6.97. The van der Waals surface area contributed by atoms with Gasteiger partial charge in [-0.1, -0.05) is 0 Å². The van der Waals surface area contributed by atoms with Crippen molar-refractivity contribution in [3.05, 3.63) is 54.4 Å². The number of carbonyl (C=O) groups is 1. The molecular formula is C18H19FN2O3. The van der Waals surface area contributed by atoms with Gasteiger partial charge in [0.25, 0.3) is 5.91 Å². The fraction of sp³-hybridized carbons (Fsp3) is 0.333. The van der Waals surface area contributed by atoms with E-state index in [2.05, 4.69) is 4.98 Å². The molecule has 1 amide bonds. The average Bonchev–Trinajstić information content (AvgIpc) is 2.63.